The lowest BCUT2D eigenvalue weighted by molar-refractivity contribution is -0.203. The van der Waals surface area contributed by atoms with E-state index in [-0.39, 0.29) is 17.2 Å². The Labute approximate surface area is 135 Å². The molecule has 0 amide bonds. The fraction of sp³-hybridized carbons (Fsp3) is 0.700. The van der Waals surface area contributed by atoms with Crippen LogP contribution in [-0.2, 0) is 10.3 Å². The summed E-state index contributed by atoms with van der Waals surface area (Å²) < 4.78 is 6.84. The Morgan fingerprint density at radius 1 is 1.14 bits per heavy atom. The molecule has 4 unspecified atom stereocenters. The van der Waals surface area contributed by atoms with Gasteiger partial charge in [-0.25, -0.2) is 0 Å². The van der Waals surface area contributed by atoms with Crippen LogP contribution in [0.3, 0.4) is 0 Å². The first-order valence-electron chi connectivity index (χ1n) is 8.64. The fourth-order valence-corrected chi connectivity index (χ4v) is 5.03. The third-order valence-electron chi connectivity index (χ3n) is 7.20. The molecule has 0 spiro atoms. The van der Waals surface area contributed by atoms with Crippen molar-refractivity contribution in [1.29, 1.82) is 0 Å². The number of ether oxygens (including phenoxy) is 1. The number of hydrogen-bond donors (Lipinski definition) is 0. The molecule has 0 aromatic heterocycles. The standard InChI is InChI=1S/C20H31NO/c1-15(21(5)6)22-20(16-10-8-7-9-11-16)14-17-12-13-19(20,4)18(17,2)3/h7-11,15,17H,12-14H2,1-6H3. The topological polar surface area (TPSA) is 12.5 Å². The van der Waals surface area contributed by atoms with Gasteiger partial charge >= 0.3 is 0 Å². The zero-order valence-corrected chi connectivity index (χ0v) is 15.0. The molecule has 2 saturated carbocycles. The molecule has 0 saturated heterocycles. The van der Waals surface area contributed by atoms with Crippen molar-refractivity contribution in [3.8, 4) is 0 Å². The zero-order valence-electron chi connectivity index (χ0n) is 15.0. The van der Waals surface area contributed by atoms with Gasteiger partial charge in [0.2, 0.25) is 0 Å². The Bertz CT molecular complexity index is 538. The van der Waals surface area contributed by atoms with Gasteiger partial charge < -0.3 is 4.74 Å². The second kappa shape index (κ2) is 5.07. The van der Waals surface area contributed by atoms with Crippen molar-refractivity contribution in [3.05, 3.63) is 35.9 Å². The minimum absolute atomic E-state index is 0.118. The molecule has 0 N–H and O–H groups in total. The van der Waals surface area contributed by atoms with Crippen molar-refractivity contribution in [3.63, 3.8) is 0 Å². The van der Waals surface area contributed by atoms with E-state index in [1.165, 1.54) is 18.4 Å². The van der Waals surface area contributed by atoms with Gasteiger partial charge in [-0.1, -0.05) is 51.1 Å². The molecule has 4 atom stereocenters. The maximum atomic E-state index is 6.84. The van der Waals surface area contributed by atoms with Crippen LogP contribution < -0.4 is 0 Å². The summed E-state index contributed by atoms with van der Waals surface area (Å²) in [5.74, 6) is 0.757. The van der Waals surface area contributed by atoms with Gasteiger partial charge in [0.25, 0.3) is 0 Å². The number of hydrogen-bond acceptors (Lipinski definition) is 2. The Hall–Kier alpha value is -0.860. The van der Waals surface area contributed by atoms with Crippen LogP contribution in [0.5, 0.6) is 0 Å². The molecular formula is C20H31NO. The van der Waals surface area contributed by atoms with Gasteiger partial charge in [-0.15, -0.1) is 0 Å². The number of rotatable bonds is 4. The Balaban J connectivity index is 2.10. The lowest BCUT2D eigenvalue weighted by atomic mass is 9.62. The van der Waals surface area contributed by atoms with Crippen LogP contribution in [0.25, 0.3) is 0 Å². The molecule has 2 aliphatic rings. The molecule has 2 heteroatoms. The second-order valence-corrected chi connectivity index (χ2v) is 8.37. The van der Waals surface area contributed by atoms with Gasteiger partial charge in [-0.3, -0.25) is 4.90 Å². The second-order valence-electron chi connectivity index (χ2n) is 8.37. The molecule has 2 fully saturated rings. The van der Waals surface area contributed by atoms with Crippen LogP contribution in [0.1, 0.15) is 52.5 Å². The zero-order chi connectivity index (χ0) is 16.2. The summed E-state index contributed by atoms with van der Waals surface area (Å²) in [7, 11) is 4.20. The highest BCUT2D eigenvalue weighted by atomic mass is 16.5. The van der Waals surface area contributed by atoms with Crippen molar-refractivity contribution in [2.45, 2.75) is 58.8 Å². The maximum Gasteiger partial charge on any atom is 0.108 e. The molecule has 122 valence electrons. The number of benzene rings is 1. The largest absolute Gasteiger partial charge is 0.352 e. The summed E-state index contributed by atoms with van der Waals surface area (Å²) in [4.78, 5) is 2.17. The fourth-order valence-electron chi connectivity index (χ4n) is 5.03. The van der Waals surface area contributed by atoms with E-state index < -0.39 is 0 Å². The van der Waals surface area contributed by atoms with Gasteiger partial charge in [0, 0.05) is 5.41 Å². The van der Waals surface area contributed by atoms with Gasteiger partial charge in [0.15, 0.2) is 0 Å². The third kappa shape index (κ3) is 1.93. The highest BCUT2D eigenvalue weighted by Gasteiger charge is 2.70. The van der Waals surface area contributed by atoms with Crippen LogP contribution >= 0.6 is 0 Å². The molecule has 22 heavy (non-hydrogen) atoms. The monoisotopic (exact) mass is 301 g/mol. The molecular weight excluding hydrogens is 270 g/mol. The molecule has 0 aliphatic heterocycles. The average molecular weight is 301 g/mol. The Morgan fingerprint density at radius 3 is 2.23 bits per heavy atom. The van der Waals surface area contributed by atoms with E-state index in [0.29, 0.717) is 5.41 Å². The van der Waals surface area contributed by atoms with E-state index in [1.807, 2.05) is 0 Å². The molecule has 2 bridgehead atoms. The van der Waals surface area contributed by atoms with Crippen molar-refractivity contribution < 1.29 is 4.74 Å². The van der Waals surface area contributed by atoms with Crippen LogP contribution in [0.4, 0.5) is 0 Å². The van der Waals surface area contributed by atoms with Gasteiger partial charge in [-0.05, 0) is 57.2 Å². The van der Waals surface area contributed by atoms with Gasteiger partial charge in [0.1, 0.15) is 11.8 Å². The minimum Gasteiger partial charge on any atom is -0.352 e. The summed E-state index contributed by atoms with van der Waals surface area (Å²) >= 11 is 0. The van der Waals surface area contributed by atoms with Crippen molar-refractivity contribution in [2.24, 2.45) is 16.7 Å². The van der Waals surface area contributed by atoms with E-state index in [0.717, 1.165) is 12.3 Å². The summed E-state index contributed by atoms with van der Waals surface area (Å²) in [5.41, 5.74) is 1.72. The molecule has 2 aliphatic carbocycles. The van der Waals surface area contributed by atoms with Crippen molar-refractivity contribution in [2.75, 3.05) is 14.1 Å². The van der Waals surface area contributed by atoms with Gasteiger partial charge in [0.05, 0.1) is 0 Å². The lowest BCUT2D eigenvalue weighted by Gasteiger charge is -2.50. The highest BCUT2D eigenvalue weighted by molar-refractivity contribution is 5.32. The van der Waals surface area contributed by atoms with Crippen molar-refractivity contribution in [1.82, 2.24) is 4.90 Å². The summed E-state index contributed by atoms with van der Waals surface area (Å²) in [6.45, 7) is 9.56. The van der Waals surface area contributed by atoms with Crippen LogP contribution in [0, 0.1) is 16.7 Å². The molecule has 3 rings (SSSR count). The third-order valence-corrected chi connectivity index (χ3v) is 7.20. The van der Waals surface area contributed by atoms with Crippen LogP contribution in [-0.4, -0.2) is 25.2 Å². The van der Waals surface area contributed by atoms with E-state index in [9.17, 15) is 0 Å². The van der Waals surface area contributed by atoms with E-state index in [1.54, 1.807) is 0 Å². The molecule has 0 radical (unpaired) electrons. The first-order valence-corrected chi connectivity index (χ1v) is 8.64. The molecule has 2 nitrogen and oxygen atoms in total. The van der Waals surface area contributed by atoms with Crippen LogP contribution in [0.2, 0.25) is 0 Å². The molecule has 1 aromatic carbocycles. The van der Waals surface area contributed by atoms with E-state index in [2.05, 4.69) is 77.0 Å². The predicted octanol–water partition coefficient (Wildman–Crippen LogP) is 4.65. The lowest BCUT2D eigenvalue weighted by Crippen LogP contribution is -2.50. The SMILES string of the molecule is CC(OC1(c2ccccc2)CC2CCC1(C)C2(C)C)N(C)C. The summed E-state index contributed by atoms with van der Waals surface area (Å²) in [6, 6.07) is 11.0. The number of nitrogens with zero attached hydrogens (tertiary/aromatic N) is 1. The quantitative estimate of drug-likeness (QED) is 0.750. The predicted molar refractivity (Wildman–Crippen MR) is 91.6 cm³/mol. The first kappa shape index (κ1) is 16.0. The normalized spacial score (nSPS) is 37.7. The van der Waals surface area contributed by atoms with E-state index >= 15 is 0 Å². The summed E-state index contributed by atoms with van der Waals surface area (Å²) in [5, 5.41) is 0. The molecule has 0 heterocycles. The smallest absolute Gasteiger partial charge is 0.108 e. The maximum absolute atomic E-state index is 6.84. The Kier molecular flexibility index (Phi) is 3.69. The highest BCUT2D eigenvalue weighted by Crippen LogP contribution is 2.74. The Morgan fingerprint density at radius 2 is 1.77 bits per heavy atom. The average Bonchev–Trinajstić information content (AvgIpc) is 2.80. The summed E-state index contributed by atoms with van der Waals surface area (Å²) in [6.07, 6.45) is 3.88. The van der Waals surface area contributed by atoms with Crippen molar-refractivity contribution >= 4 is 0 Å². The molecule has 1 aromatic rings. The number of fused-ring (bicyclic) bond motifs is 2. The van der Waals surface area contributed by atoms with Crippen LogP contribution in [0.15, 0.2) is 30.3 Å². The van der Waals surface area contributed by atoms with E-state index in [4.69, 9.17) is 4.74 Å². The van der Waals surface area contributed by atoms with Gasteiger partial charge in [-0.2, -0.15) is 0 Å². The minimum atomic E-state index is -0.162. The first-order chi connectivity index (χ1) is 10.2.